The van der Waals surface area contributed by atoms with Crippen LogP contribution in [0.1, 0.15) is 11.1 Å². The highest BCUT2D eigenvalue weighted by Crippen LogP contribution is 2.25. The van der Waals surface area contributed by atoms with E-state index in [9.17, 15) is 0 Å². The normalized spacial score (nSPS) is 10.5. The molecule has 0 spiro atoms. The Labute approximate surface area is 92.3 Å². The first kappa shape index (κ1) is 9.53. The number of hydrogen-bond donors (Lipinski definition) is 1. The van der Waals surface area contributed by atoms with Crippen LogP contribution < -0.4 is 0 Å². The van der Waals surface area contributed by atoms with Gasteiger partial charge >= 0.3 is 0 Å². The van der Waals surface area contributed by atoms with E-state index in [0.29, 0.717) is 0 Å². The number of halogens is 1. The summed E-state index contributed by atoms with van der Waals surface area (Å²) in [5, 5.41) is 0. The molecule has 14 heavy (non-hydrogen) atoms. The Hall–Kier alpha value is -1.02. The summed E-state index contributed by atoms with van der Waals surface area (Å²) >= 11 is 3.44. The first-order valence-electron chi connectivity index (χ1n) is 4.59. The molecule has 2 rings (SSSR count). The number of benzene rings is 1. The molecule has 1 aromatic carbocycles. The quantitative estimate of drug-likeness (QED) is 0.785. The Kier molecular flexibility index (Phi) is 2.46. The largest absolute Gasteiger partial charge is 0.349 e. The second-order valence-electron chi connectivity index (χ2n) is 3.54. The number of aryl methyl sites for hydroxylation is 2. The first-order valence-corrected chi connectivity index (χ1v) is 5.38. The van der Waals surface area contributed by atoms with Crippen LogP contribution in [-0.4, -0.2) is 4.98 Å². The van der Waals surface area contributed by atoms with E-state index in [-0.39, 0.29) is 0 Å². The summed E-state index contributed by atoms with van der Waals surface area (Å²) in [7, 11) is 0. The van der Waals surface area contributed by atoms with Gasteiger partial charge in [0.2, 0.25) is 0 Å². The Morgan fingerprint density at radius 1 is 1.07 bits per heavy atom. The molecule has 0 aliphatic rings. The molecule has 1 nitrogen and oxygen atoms in total. The van der Waals surface area contributed by atoms with Gasteiger partial charge in [-0.05, 0) is 47.0 Å². The lowest BCUT2D eigenvalue weighted by atomic mass is 10.1. The summed E-state index contributed by atoms with van der Waals surface area (Å²) in [6, 6.07) is 10.6. The zero-order valence-corrected chi connectivity index (χ0v) is 9.85. The van der Waals surface area contributed by atoms with Gasteiger partial charge in [-0.1, -0.05) is 29.8 Å². The van der Waals surface area contributed by atoms with Crippen molar-refractivity contribution in [1.29, 1.82) is 0 Å². The summed E-state index contributed by atoms with van der Waals surface area (Å²) in [4.78, 5) is 3.30. The van der Waals surface area contributed by atoms with Crippen molar-refractivity contribution < 1.29 is 0 Å². The summed E-state index contributed by atoms with van der Waals surface area (Å²) in [6.07, 6.45) is 0. The molecule has 0 bridgehead atoms. The van der Waals surface area contributed by atoms with Crippen LogP contribution in [0.2, 0.25) is 0 Å². The van der Waals surface area contributed by atoms with Crippen LogP contribution in [0.15, 0.2) is 34.9 Å². The van der Waals surface area contributed by atoms with Gasteiger partial charge in [-0.2, -0.15) is 0 Å². The average Bonchev–Trinajstić information content (AvgIpc) is 2.47. The number of H-pyrrole nitrogens is 1. The zero-order valence-electron chi connectivity index (χ0n) is 8.26. The minimum Gasteiger partial charge on any atom is -0.349 e. The highest BCUT2D eigenvalue weighted by Gasteiger charge is 2.04. The van der Waals surface area contributed by atoms with E-state index in [1.807, 2.05) is 0 Å². The van der Waals surface area contributed by atoms with Crippen molar-refractivity contribution >= 4 is 15.9 Å². The highest BCUT2D eigenvalue weighted by atomic mass is 79.9. The molecule has 0 saturated carbocycles. The molecule has 0 radical (unpaired) electrons. The van der Waals surface area contributed by atoms with Gasteiger partial charge in [-0.15, -0.1) is 0 Å². The maximum absolute atomic E-state index is 3.44. The van der Waals surface area contributed by atoms with Crippen molar-refractivity contribution in [2.45, 2.75) is 13.8 Å². The van der Waals surface area contributed by atoms with E-state index in [0.717, 1.165) is 4.60 Å². The molecule has 2 heteroatoms. The van der Waals surface area contributed by atoms with Crippen LogP contribution in [0.4, 0.5) is 0 Å². The van der Waals surface area contributed by atoms with Crippen molar-refractivity contribution in [3.05, 3.63) is 46.1 Å². The summed E-state index contributed by atoms with van der Waals surface area (Å²) in [5.74, 6) is 0. The van der Waals surface area contributed by atoms with Crippen molar-refractivity contribution in [3.63, 3.8) is 0 Å². The standard InChI is InChI=1S/C12H12BrN/c1-8-3-5-10(6-4-8)12-9(2)7-11(13)14-12/h3-7,14H,1-2H3. The van der Waals surface area contributed by atoms with Crippen LogP contribution in [0.3, 0.4) is 0 Å². The van der Waals surface area contributed by atoms with Crippen LogP contribution >= 0.6 is 15.9 Å². The van der Waals surface area contributed by atoms with Crippen molar-refractivity contribution in [2.75, 3.05) is 0 Å². The Bertz CT molecular complexity index is 440. The molecule has 0 saturated heterocycles. The maximum Gasteiger partial charge on any atom is 0.0827 e. The molecule has 72 valence electrons. The third kappa shape index (κ3) is 1.75. The van der Waals surface area contributed by atoms with Gasteiger partial charge in [-0.3, -0.25) is 0 Å². The third-order valence-electron chi connectivity index (χ3n) is 2.32. The molecule has 0 atom stereocenters. The number of aromatic nitrogens is 1. The average molecular weight is 250 g/mol. The number of aromatic amines is 1. The lowest BCUT2D eigenvalue weighted by Crippen LogP contribution is -1.80. The Balaban J connectivity index is 2.49. The fourth-order valence-corrected chi connectivity index (χ4v) is 2.08. The molecule has 2 aromatic rings. The molecule has 0 fully saturated rings. The van der Waals surface area contributed by atoms with Crippen molar-refractivity contribution in [1.82, 2.24) is 4.98 Å². The molecule has 0 unspecified atom stereocenters. The summed E-state index contributed by atoms with van der Waals surface area (Å²) in [6.45, 7) is 4.21. The van der Waals surface area contributed by atoms with Crippen molar-refractivity contribution in [2.24, 2.45) is 0 Å². The topological polar surface area (TPSA) is 15.8 Å². The van der Waals surface area contributed by atoms with Gasteiger partial charge in [-0.25, -0.2) is 0 Å². The lowest BCUT2D eigenvalue weighted by molar-refractivity contribution is 1.33. The minimum absolute atomic E-state index is 1.03. The van der Waals surface area contributed by atoms with Gasteiger partial charge in [0.25, 0.3) is 0 Å². The molecular formula is C12H12BrN. The molecule has 0 aliphatic heterocycles. The summed E-state index contributed by atoms with van der Waals surface area (Å²) < 4.78 is 1.03. The smallest absolute Gasteiger partial charge is 0.0827 e. The van der Waals surface area contributed by atoms with Crippen LogP contribution in [-0.2, 0) is 0 Å². The van der Waals surface area contributed by atoms with Crippen LogP contribution in [0, 0.1) is 13.8 Å². The van der Waals surface area contributed by atoms with E-state index in [1.54, 1.807) is 0 Å². The van der Waals surface area contributed by atoms with Gasteiger partial charge < -0.3 is 4.98 Å². The van der Waals surface area contributed by atoms with Gasteiger partial charge in [0.05, 0.1) is 4.60 Å². The van der Waals surface area contributed by atoms with E-state index in [1.165, 1.54) is 22.4 Å². The molecular weight excluding hydrogens is 238 g/mol. The van der Waals surface area contributed by atoms with Gasteiger partial charge in [0.1, 0.15) is 0 Å². The SMILES string of the molecule is Cc1ccc(-c2[nH]c(Br)cc2C)cc1. The third-order valence-corrected chi connectivity index (χ3v) is 2.75. The minimum atomic E-state index is 1.03. The first-order chi connectivity index (χ1) is 6.66. The number of rotatable bonds is 1. The molecule has 1 heterocycles. The predicted octanol–water partition coefficient (Wildman–Crippen LogP) is 4.06. The Morgan fingerprint density at radius 2 is 1.71 bits per heavy atom. The van der Waals surface area contributed by atoms with E-state index >= 15 is 0 Å². The van der Waals surface area contributed by atoms with Crippen LogP contribution in [0.25, 0.3) is 11.3 Å². The molecule has 0 amide bonds. The fourth-order valence-electron chi connectivity index (χ4n) is 1.54. The number of hydrogen-bond acceptors (Lipinski definition) is 0. The summed E-state index contributed by atoms with van der Waals surface area (Å²) in [5.41, 5.74) is 4.98. The second-order valence-corrected chi connectivity index (χ2v) is 4.40. The van der Waals surface area contributed by atoms with E-state index in [4.69, 9.17) is 0 Å². The maximum atomic E-state index is 3.44. The van der Waals surface area contributed by atoms with E-state index in [2.05, 4.69) is 65.1 Å². The van der Waals surface area contributed by atoms with Gasteiger partial charge in [0, 0.05) is 5.69 Å². The second kappa shape index (κ2) is 3.62. The van der Waals surface area contributed by atoms with Crippen molar-refractivity contribution in [3.8, 4) is 11.3 Å². The van der Waals surface area contributed by atoms with Gasteiger partial charge in [0.15, 0.2) is 0 Å². The molecule has 1 aromatic heterocycles. The monoisotopic (exact) mass is 249 g/mol. The molecule has 1 N–H and O–H groups in total. The Morgan fingerprint density at radius 3 is 2.21 bits per heavy atom. The predicted molar refractivity (Wildman–Crippen MR) is 63.4 cm³/mol. The van der Waals surface area contributed by atoms with E-state index < -0.39 is 0 Å². The zero-order chi connectivity index (χ0) is 10.1. The fraction of sp³-hybridized carbons (Fsp3) is 0.167. The number of nitrogens with one attached hydrogen (secondary N) is 1. The van der Waals surface area contributed by atoms with Crippen LogP contribution in [0.5, 0.6) is 0 Å². The lowest BCUT2D eigenvalue weighted by Gasteiger charge is -2.00. The highest BCUT2D eigenvalue weighted by molar-refractivity contribution is 9.10. The molecule has 0 aliphatic carbocycles.